The molecule has 1 aromatic heterocycles. The first-order valence-electron chi connectivity index (χ1n) is 6.47. The molecule has 19 heavy (non-hydrogen) atoms. The van der Waals surface area contributed by atoms with E-state index in [0.717, 1.165) is 35.1 Å². The van der Waals surface area contributed by atoms with Gasteiger partial charge in [-0.3, -0.25) is 4.79 Å². The highest BCUT2D eigenvalue weighted by Gasteiger charge is 2.38. The fraction of sp³-hybridized carbons (Fsp3) is 0.400. The highest BCUT2D eigenvalue weighted by atomic mass is 16.5. The number of aliphatic carboxylic acids is 1. The van der Waals surface area contributed by atoms with Crippen LogP contribution in [0.4, 0.5) is 0 Å². The summed E-state index contributed by atoms with van der Waals surface area (Å²) in [5.41, 5.74) is 1.95. The summed E-state index contributed by atoms with van der Waals surface area (Å²) in [7, 11) is 3.57. The van der Waals surface area contributed by atoms with E-state index in [-0.39, 0.29) is 5.92 Å². The molecule has 0 amide bonds. The summed E-state index contributed by atoms with van der Waals surface area (Å²) in [5.74, 6) is -0.0668. The van der Waals surface area contributed by atoms with Gasteiger partial charge in [-0.25, -0.2) is 0 Å². The lowest BCUT2D eigenvalue weighted by molar-refractivity contribution is -0.139. The number of benzene rings is 1. The predicted molar refractivity (Wildman–Crippen MR) is 72.6 cm³/mol. The first-order valence-corrected chi connectivity index (χ1v) is 6.47. The molecule has 0 bridgehead atoms. The molecule has 4 heteroatoms. The quantitative estimate of drug-likeness (QED) is 0.918. The average Bonchev–Trinajstić information content (AvgIpc) is 3.16. The third kappa shape index (κ3) is 1.97. The molecule has 3 rings (SSSR count). The monoisotopic (exact) mass is 259 g/mol. The third-order valence-electron chi connectivity index (χ3n) is 3.92. The molecule has 4 nitrogen and oxygen atoms in total. The van der Waals surface area contributed by atoms with Crippen molar-refractivity contribution in [1.82, 2.24) is 4.57 Å². The molecule has 1 aliphatic carbocycles. The van der Waals surface area contributed by atoms with Crippen molar-refractivity contribution in [3.63, 3.8) is 0 Å². The number of carboxylic acids is 1. The molecule has 0 spiro atoms. The molecule has 1 aromatic carbocycles. The molecule has 2 aromatic rings. The first kappa shape index (κ1) is 12.1. The number of carbonyl (C=O) groups is 1. The highest BCUT2D eigenvalue weighted by Crippen LogP contribution is 2.45. The molecular weight excluding hydrogens is 242 g/mol. The van der Waals surface area contributed by atoms with E-state index >= 15 is 0 Å². The standard InChI is InChI=1S/C15H17NO3/c1-16-8-12(14(15(17)18)9-3-4-9)11-7-10(19-2)5-6-13(11)16/h5-9,14H,3-4H2,1-2H3,(H,17,18). The Hall–Kier alpha value is -1.97. The summed E-state index contributed by atoms with van der Waals surface area (Å²) in [6, 6.07) is 5.81. The number of nitrogens with zero attached hydrogens (tertiary/aromatic N) is 1. The largest absolute Gasteiger partial charge is 0.497 e. The summed E-state index contributed by atoms with van der Waals surface area (Å²) < 4.78 is 7.23. The molecule has 1 aliphatic rings. The first-order chi connectivity index (χ1) is 9.11. The fourth-order valence-electron chi connectivity index (χ4n) is 2.79. The number of fused-ring (bicyclic) bond motifs is 1. The number of aryl methyl sites for hydroxylation is 1. The number of ether oxygens (including phenoxy) is 1. The molecule has 100 valence electrons. The zero-order chi connectivity index (χ0) is 13.6. The van der Waals surface area contributed by atoms with Crippen LogP contribution >= 0.6 is 0 Å². The van der Waals surface area contributed by atoms with E-state index in [1.54, 1.807) is 7.11 Å². The predicted octanol–water partition coefficient (Wildman–Crippen LogP) is 2.77. The van der Waals surface area contributed by atoms with Gasteiger partial charge in [0.15, 0.2) is 0 Å². The SMILES string of the molecule is COc1ccc2c(c1)c(C(C(=O)O)C1CC1)cn2C. The molecule has 0 radical (unpaired) electrons. The number of carboxylic acid groups (broad SMARTS) is 1. The van der Waals surface area contributed by atoms with Gasteiger partial charge in [0.1, 0.15) is 5.75 Å². The van der Waals surface area contributed by atoms with Crippen LogP contribution in [0.15, 0.2) is 24.4 Å². The van der Waals surface area contributed by atoms with E-state index in [2.05, 4.69) is 0 Å². The van der Waals surface area contributed by atoms with E-state index in [9.17, 15) is 9.90 Å². The van der Waals surface area contributed by atoms with Crippen molar-refractivity contribution >= 4 is 16.9 Å². The minimum absolute atomic E-state index is 0.286. The van der Waals surface area contributed by atoms with E-state index in [1.165, 1.54) is 0 Å². The Morgan fingerprint density at radius 3 is 2.79 bits per heavy atom. The van der Waals surface area contributed by atoms with Crippen LogP contribution in [0.1, 0.15) is 24.3 Å². The topological polar surface area (TPSA) is 51.5 Å². The lowest BCUT2D eigenvalue weighted by atomic mass is 9.94. The second-order valence-corrected chi connectivity index (χ2v) is 5.23. The Morgan fingerprint density at radius 2 is 2.21 bits per heavy atom. The maximum Gasteiger partial charge on any atom is 0.311 e. The van der Waals surface area contributed by atoms with Crippen molar-refractivity contribution in [3.8, 4) is 5.75 Å². The molecule has 0 saturated heterocycles. The molecule has 1 saturated carbocycles. The van der Waals surface area contributed by atoms with Gasteiger partial charge in [0.2, 0.25) is 0 Å². The number of methoxy groups -OCH3 is 1. The number of aromatic nitrogens is 1. The van der Waals surface area contributed by atoms with Crippen LogP contribution in [0, 0.1) is 5.92 Å². The van der Waals surface area contributed by atoms with E-state index in [1.807, 2.05) is 36.0 Å². The Morgan fingerprint density at radius 1 is 1.47 bits per heavy atom. The van der Waals surface area contributed by atoms with Crippen molar-refractivity contribution in [3.05, 3.63) is 30.0 Å². The molecule has 1 atom stereocenters. The maximum atomic E-state index is 11.5. The minimum atomic E-state index is -0.724. The molecule has 1 unspecified atom stereocenters. The Kier molecular flexibility index (Phi) is 2.73. The van der Waals surface area contributed by atoms with Gasteiger partial charge in [0.05, 0.1) is 13.0 Å². The number of rotatable bonds is 4. The van der Waals surface area contributed by atoms with Crippen LogP contribution in [0.3, 0.4) is 0 Å². The number of hydrogen-bond acceptors (Lipinski definition) is 2. The van der Waals surface area contributed by atoms with E-state index in [0.29, 0.717) is 0 Å². The van der Waals surface area contributed by atoms with E-state index < -0.39 is 11.9 Å². The van der Waals surface area contributed by atoms with Gasteiger partial charge in [-0.1, -0.05) is 0 Å². The smallest absolute Gasteiger partial charge is 0.311 e. The van der Waals surface area contributed by atoms with Crippen LogP contribution in [0.5, 0.6) is 5.75 Å². The Balaban J connectivity index is 2.18. The fourth-order valence-corrected chi connectivity index (χ4v) is 2.79. The molecule has 1 heterocycles. The van der Waals surface area contributed by atoms with Crippen molar-refractivity contribution in [2.24, 2.45) is 13.0 Å². The normalized spacial score (nSPS) is 16.5. The Labute approximate surface area is 111 Å². The second kappa shape index (κ2) is 4.30. The zero-order valence-electron chi connectivity index (χ0n) is 11.1. The van der Waals surface area contributed by atoms with Crippen LogP contribution < -0.4 is 4.74 Å². The van der Waals surface area contributed by atoms with Gasteiger partial charge in [-0.15, -0.1) is 0 Å². The molecule has 1 N–H and O–H groups in total. The summed E-state index contributed by atoms with van der Waals surface area (Å²) in [5, 5.41) is 10.5. The van der Waals surface area contributed by atoms with E-state index in [4.69, 9.17) is 4.74 Å². The lowest BCUT2D eigenvalue weighted by Crippen LogP contribution is -2.13. The summed E-state index contributed by atoms with van der Waals surface area (Å²) in [6.45, 7) is 0. The van der Waals surface area contributed by atoms with Crippen molar-refractivity contribution in [2.75, 3.05) is 7.11 Å². The van der Waals surface area contributed by atoms with Crippen molar-refractivity contribution in [1.29, 1.82) is 0 Å². The average molecular weight is 259 g/mol. The van der Waals surface area contributed by atoms with Gasteiger partial charge >= 0.3 is 5.97 Å². The van der Waals surface area contributed by atoms with Crippen molar-refractivity contribution in [2.45, 2.75) is 18.8 Å². The molecular formula is C15H17NO3. The van der Waals surface area contributed by atoms with Gasteiger partial charge in [0, 0.05) is 24.1 Å². The maximum absolute atomic E-state index is 11.5. The summed E-state index contributed by atoms with van der Waals surface area (Å²) in [4.78, 5) is 11.5. The van der Waals surface area contributed by atoms with Crippen LogP contribution in [0.25, 0.3) is 10.9 Å². The van der Waals surface area contributed by atoms with Crippen LogP contribution in [-0.2, 0) is 11.8 Å². The highest BCUT2D eigenvalue weighted by molar-refractivity contribution is 5.91. The number of hydrogen-bond donors (Lipinski definition) is 1. The molecule has 1 fully saturated rings. The summed E-state index contributed by atoms with van der Waals surface area (Å²) >= 11 is 0. The minimum Gasteiger partial charge on any atom is -0.497 e. The Bertz CT molecular complexity index is 640. The third-order valence-corrected chi connectivity index (χ3v) is 3.92. The van der Waals surface area contributed by atoms with Crippen LogP contribution in [-0.4, -0.2) is 22.8 Å². The summed E-state index contributed by atoms with van der Waals surface area (Å²) in [6.07, 6.45) is 3.97. The van der Waals surface area contributed by atoms with Crippen molar-refractivity contribution < 1.29 is 14.6 Å². The second-order valence-electron chi connectivity index (χ2n) is 5.23. The van der Waals surface area contributed by atoms with Gasteiger partial charge in [0.25, 0.3) is 0 Å². The van der Waals surface area contributed by atoms with Gasteiger partial charge < -0.3 is 14.4 Å². The molecule has 0 aliphatic heterocycles. The van der Waals surface area contributed by atoms with Gasteiger partial charge in [-0.05, 0) is 42.5 Å². The van der Waals surface area contributed by atoms with Gasteiger partial charge in [-0.2, -0.15) is 0 Å². The zero-order valence-corrected chi connectivity index (χ0v) is 11.1. The lowest BCUT2D eigenvalue weighted by Gasteiger charge is -2.10. The van der Waals surface area contributed by atoms with Crippen LogP contribution in [0.2, 0.25) is 0 Å².